The van der Waals surface area contributed by atoms with Crippen LogP contribution in [-0.2, 0) is 22.1 Å². The molecule has 106 valence electrons. The topological polar surface area (TPSA) is 73.0 Å². The second kappa shape index (κ2) is 5.87. The molecule has 0 radical (unpaired) electrons. The Bertz CT molecular complexity index is 735. The van der Waals surface area contributed by atoms with Crippen LogP contribution in [0.4, 0.5) is 4.39 Å². The fourth-order valence-electron chi connectivity index (χ4n) is 1.74. The van der Waals surface area contributed by atoms with Gasteiger partial charge in [0.15, 0.2) is 9.84 Å². The molecule has 2 aromatic rings. The van der Waals surface area contributed by atoms with Crippen molar-refractivity contribution in [2.45, 2.75) is 17.2 Å². The number of sulfone groups is 1. The number of halogens is 2. The Labute approximate surface area is 121 Å². The minimum Gasteiger partial charge on any atom is -0.325 e. The zero-order chi connectivity index (χ0) is 14.8. The van der Waals surface area contributed by atoms with Crippen molar-refractivity contribution in [3.05, 3.63) is 58.6 Å². The van der Waals surface area contributed by atoms with Crippen LogP contribution in [0.1, 0.15) is 11.3 Å². The number of hydrogen-bond acceptors (Lipinski definition) is 4. The smallest absolute Gasteiger partial charge is 0.182 e. The monoisotopic (exact) mass is 314 g/mol. The van der Waals surface area contributed by atoms with Crippen LogP contribution in [-0.4, -0.2) is 13.4 Å². The van der Waals surface area contributed by atoms with Gasteiger partial charge in [0, 0.05) is 12.7 Å². The van der Waals surface area contributed by atoms with Crippen molar-refractivity contribution in [1.82, 2.24) is 4.98 Å². The molecule has 0 aliphatic rings. The third kappa shape index (κ3) is 3.15. The zero-order valence-electron chi connectivity index (χ0n) is 10.4. The molecule has 0 saturated heterocycles. The predicted molar refractivity (Wildman–Crippen MR) is 74.4 cm³/mol. The average molecular weight is 315 g/mol. The van der Waals surface area contributed by atoms with E-state index in [0.29, 0.717) is 11.3 Å². The Morgan fingerprint density at radius 2 is 2.05 bits per heavy atom. The molecule has 0 spiro atoms. The predicted octanol–water partition coefficient (Wildman–Crippen LogP) is 2.31. The molecule has 0 atom stereocenters. The fourth-order valence-corrected chi connectivity index (χ4v) is 3.40. The normalized spacial score (nSPS) is 11.6. The lowest BCUT2D eigenvalue weighted by atomic mass is 10.2. The molecule has 0 unspecified atom stereocenters. The van der Waals surface area contributed by atoms with Crippen LogP contribution in [0.25, 0.3) is 0 Å². The molecule has 1 heterocycles. The van der Waals surface area contributed by atoms with Crippen LogP contribution in [0, 0.1) is 5.82 Å². The van der Waals surface area contributed by atoms with Gasteiger partial charge in [-0.15, -0.1) is 0 Å². The van der Waals surface area contributed by atoms with Crippen molar-refractivity contribution in [3.8, 4) is 0 Å². The average Bonchev–Trinajstić information content (AvgIpc) is 2.42. The Balaban J connectivity index is 2.38. The van der Waals surface area contributed by atoms with Gasteiger partial charge in [0.2, 0.25) is 0 Å². The first-order chi connectivity index (χ1) is 9.44. The Morgan fingerprint density at radius 3 is 2.70 bits per heavy atom. The summed E-state index contributed by atoms with van der Waals surface area (Å²) in [6, 6.07) is 6.61. The van der Waals surface area contributed by atoms with E-state index in [1.165, 1.54) is 6.07 Å². The number of rotatable bonds is 4. The van der Waals surface area contributed by atoms with Crippen molar-refractivity contribution in [2.24, 2.45) is 5.73 Å². The zero-order valence-corrected chi connectivity index (χ0v) is 12.0. The molecular formula is C13H12ClFN2O2S. The molecule has 0 aliphatic heterocycles. The van der Waals surface area contributed by atoms with Crippen LogP contribution in [0.2, 0.25) is 5.02 Å². The lowest BCUT2D eigenvalue weighted by molar-refractivity contribution is 0.593. The van der Waals surface area contributed by atoms with Gasteiger partial charge in [-0.1, -0.05) is 17.7 Å². The summed E-state index contributed by atoms with van der Waals surface area (Å²) >= 11 is 5.61. The van der Waals surface area contributed by atoms with Gasteiger partial charge < -0.3 is 5.73 Å². The third-order valence-electron chi connectivity index (χ3n) is 2.77. The molecule has 1 aromatic carbocycles. The van der Waals surface area contributed by atoms with E-state index in [1.54, 1.807) is 18.3 Å². The largest absolute Gasteiger partial charge is 0.325 e. The first kappa shape index (κ1) is 14.9. The highest BCUT2D eigenvalue weighted by atomic mass is 35.5. The first-order valence-electron chi connectivity index (χ1n) is 5.74. The molecule has 0 fully saturated rings. The van der Waals surface area contributed by atoms with E-state index in [-0.39, 0.29) is 22.2 Å². The first-order valence-corrected chi connectivity index (χ1v) is 7.77. The molecule has 7 heteroatoms. The second-order valence-electron chi connectivity index (χ2n) is 4.15. The van der Waals surface area contributed by atoms with Gasteiger partial charge in [-0.2, -0.15) is 0 Å². The van der Waals surface area contributed by atoms with Crippen molar-refractivity contribution in [1.29, 1.82) is 0 Å². The van der Waals surface area contributed by atoms with Crippen LogP contribution in [0.5, 0.6) is 0 Å². The minimum atomic E-state index is -3.63. The second-order valence-corrected chi connectivity index (χ2v) is 6.55. The number of benzene rings is 1. The molecule has 0 amide bonds. The van der Waals surface area contributed by atoms with Gasteiger partial charge in [-0.3, -0.25) is 4.98 Å². The molecule has 2 N–H and O–H groups in total. The van der Waals surface area contributed by atoms with Crippen molar-refractivity contribution in [3.63, 3.8) is 0 Å². The summed E-state index contributed by atoms with van der Waals surface area (Å²) in [5.41, 5.74) is 6.57. The number of pyridine rings is 1. The third-order valence-corrected chi connectivity index (χ3v) is 4.73. The standard InChI is InChI=1S/C13H12ClFN2O2S/c14-11-6-10(3-4-12(11)15)20(18,19)8-9-2-1-5-17-13(9)7-16/h1-6H,7-8,16H2. The highest BCUT2D eigenvalue weighted by molar-refractivity contribution is 7.90. The molecule has 4 nitrogen and oxygen atoms in total. The minimum absolute atomic E-state index is 0.0317. The van der Waals surface area contributed by atoms with Gasteiger partial charge in [-0.25, -0.2) is 12.8 Å². The van der Waals surface area contributed by atoms with E-state index in [4.69, 9.17) is 17.3 Å². The van der Waals surface area contributed by atoms with Crippen LogP contribution in [0.15, 0.2) is 41.4 Å². The van der Waals surface area contributed by atoms with Crippen molar-refractivity contribution >= 4 is 21.4 Å². The fraction of sp³-hybridized carbons (Fsp3) is 0.154. The van der Waals surface area contributed by atoms with Crippen LogP contribution >= 0.6 is 11.6 Å². The maximum absolute atomic E-state index is 13.1. The molecule has 20 heavy (non-hydrogen) atoms. The Hall–Kier alpha value is -1.50. The molecule has 0 bridgehead atoms. The SMILES string of the molecule is NCc1ncccc1CS(=O)(=O)c1ccc(F)c(Cl)c1. The van der Waals surface area contributed by atoms with Gasteiger partial charge in [-0.05, 0) is 29.8 Å². The summed E-state index contributed by atoms with van der Waals surface area (Å²) in [6.45, 7) is 0.149. The summed E-state index contributed by atoms with van der Waals surface area (Å²) in [5.74, 6) is -0.912. The van der Waals surface area contributed by atoms with Gasteiger partial charge in [0.05, 0.1) is 21.4 Å². The molecule has 2 rings (SSSR count). The van der Waals surface area contributed by atoms with E-state index in [9.17, 15) is 12.8 Å². The highest BCUT2D eigenvalue weighted by Gasteiger charge is 2.18. The lowest BCUT2D eigenvalue weighted by Crippen LogP contribution is -2.10. The van der Waals surface area contributed by atoms with Crippen LogP contribution in [0.3, 0.4) is 0 Å². The Morgan fingerprint density at radius 1 is 1.30 bits per heavy atom. The Kier molecular flexibility index (Phi) is 4.37. The number of hydrogen-bond donors (Lipinski definition) is 1. The quantitative estimate of drug-likeness (QED) is 0.879. The number of nitrogens with two attached hydrogens (primary N) is 1. The van der Waals surface area contributed by atoms with E-state index < -0.39 is 15.7 Å². The van der Waals surface area contributed by atoms with Crippen molar-refractivity contribution < 1.29 is 12.8 Å². The van der Waals surface area contributed by atoms with Gasteiger partial charge in [0.1, 0.15) is 5.82 Å². The van der Waals surface area contributed by atoms with Crippen molar-refractivity contribution in [2.75, 3.05) is 0 Å². The number of aromatic nitrogens is 1. The number of nitrogens with zero attached hydrogens (tertiary/aromatic N) is 1. The summed E-state index contributed by atoms with van der Waals surface area (Å²) in [5, 5.41) is -0.226. The molecule has 1 aromatic heterocycles. The summed E-state index contributed by atoms with van der Waals surface area (Å²) in [6.07, 6.45) is 1.55. The van der Waals surface area contributed by atoms with E-state index >= 15 is 0 Å². The summed E-state index contributed by atoms with van der Waals surface area (Å²) in [4.78, 5) is 4.00. The maximum atomic E-state index is 13.1. The summed E-state index contributed by atoms with van der Waals surface area (Å²) < 4.78 is 37.6. The molecular weight excluding hydrogens is 303 g/mol. The molecule has 0 saturated carbocycles. The van der Waals surface area contributed by atoms with Gasteiger partial charge in [0.25, 0.3) is 0 Å². The van der Waals surface area contributed by atoms with E-state index in [1.807, 2.05) is 0 Å². The summed E-state index contributed by atoms with van der Waals surface area (Å²) in [7, 11) is -3.63. The maximum Gasteiger partial charge on any atom is 0.182 e. The van der Waals surface area contributed by atoms with E-state index in [2.05, 4.69) is 4.98 Å². The van der Waals surface area contributed by atoms with Crippen LogP contribution < -0.4 is 5.73 Å². The highest BCUT2D eigenvalue weighted by Crippen LogP contribution is 2.23. The lowest BCUT2D eigenvalue weighted by Gasteiger charge is -2.08. The van der Waals surface area contributed by atoms with E-state index in [0.717, 1.165) is 12.1 Å². The van der Waals surface area contributed by atoms with Gasteiger partial charge >= 0.3 is 0 Å². The molecule has 0 aliphatic carbocycles.